The number of imide groups is 1. The van der Waals surface area contributed by atoms with Gasteiger partial charge in [0.1, 0.15) is 11.3 Å². The molecule has 34 heavy (non-hydrogen) atoms. The number of amides is 2. The van der Waals surface area contributed by atoms with Gasteiger partial charge < -0.3 is 9.47 Å². The Bertz CT molecular complexity index is 1160. The van der Waals surface area contributed by atoms with Crippen molar-refractivity contribution in [1.29, 1.82) is 0 Å². The number of benzene rings is 2. The van der Waals surface area contributed by atoms with E-state index in [0.717, 1.165) is 25.7 Å². The highest BCUT2D eigenvalue weighted by molar-refractivity contribution is 7.89. The lowest BCUT2D eigenvalue weighted by Crippen LogP contribution is -2.34. The molecule has 1 aliphatic rings. The standard InChI is InChI=1S/C23H25ClN2O7S/c1-32-20-11-10-18(34(30,31)26-12-4-2-3-5-13-26)14-19(20)23(29)33-15-21(27)25-22(28)16-6-8-17(24)9-7-16/h6-11,14H,2-5,12-13,15H2,1H3,(H,25,27,28). The number of rotatable bonds is 7. The molecule has 11 heteroatoms. The maximum atomic E-state index is 13.1. The van der Waals surface area contributed by atoms with Gasteiger partial charge in [-0.1, -0.05) is 24.4 Å². The number of methoxy groups -OCH3 is 1. The summed E-state index contributed by atoms with van der Waals surface area (Å²) in [6.45, 7) is 0.0797. The Balaban J connectivity index is 1.69. The van der Waals surface area contributed by atoms with Crippen LogP contribution in [0.2, 0.25) is 5.02 Å². The van der Waals surface area contributed by atoms with Gasteiger partial charge >= 0.3 is 5.97 Å². The molecular formula is C23H25ClN2O7S. The van der Waals surface area contributed by atoms with Crippen molar-refractivity contribution in [2.45, 2.75) is 30.6 Å². The summed E-state index contributed by atoms with van der Waals surface area (Å²) in [6, 6.07) is 9.80. The van der Waals surface area contributed by atoms with E-state index in [-0.39, 0.29) is 21.8 Å². The molecule has 1 aliphatic heterocycles. The first kappa shape index (κ1) is 25.7. The summed E-state index contributed by atoms with van der Waals surface area (Å²) in [7, 11) is -2.48. The minimum atomic E-state index is -3.81. The van der Waals surface area contributed by atoms with E-state index in [1.807, 2.05) is 0 Å². The van der Waals surface area contributed by atoms with Crippen LogP contribution in [-0.2, 0) is 19.6 Å². The van der Waals surface area contributed by atoms with Crippen LogP contribution in [-0.4, -0.2) is 57.3 Å². The maximum absolute atomic E-state index is 13.1. The molecule has 1 saturated heterocycles. The van der Waals surface area contributed by atoms with Gasteiger partial charge in [0.2, 0.25) is 10.0 Å². The molecule has 0 saturated carbocycles. The van der Waals surface area contributed by atoms with Crippen molar-refractivity contribution in [2.24, 2.45) is 0 Å². The molecule has 0 aromatic heterocycles. The number of carbonyl (C=O) groups excluding carboxylic acids is 3. The Labute approximate surface area is 203 Å². The number of hydrogen-bond acceptors (Lipinski definition) is 7. The van der Waals surface area contributed by atoms with E-state index in [2.05, 4.69) is 5.32 Å². The molecule has 1 heterocycles. The highest BCUT2D eigenvalue weighted by Gasteiger charge is 2.27. The molecule has 2 aromatic rings. The first-order chi connectivity index (χ1) is 16.2. The molecule has 1 fully saturated rings. The molecule has 0 bridgehead atoms. The zero-order valence-electron chi connectivity index (χ0n) is 18.6. The summed E-state index contributed by atoms with van der Waals surface area (Å²) in [4.78, 5) is 36.8. The summed E-state index contributed by atoms with van der Waals surface area (Å²) >= 11 is 5.77. The van der Waals surface area contributed by atoms with Gasteiger partial charge in [0.05, 0.1) is 12.0 Å². The van der Waals surface area contributed by atoms with Crippen molar-refractivity contribution in [3.8, 4) is 5.75 Å². The molecule has 0 atom stereocenters. The average molecular weight is 509 g/mol. The van der Waals surface area contributed by atoms with E-state index < -0.39 is 34.4 Å². The lowest BCUT2D eigenvalue weighted by atomic mass is 10.2. The van der Waals surface area contributed by atoms with Gasteiger partial charge in [-0.2, -0.15) is 4.31 Å². The van der Waals surface area contributed by atoms with Gasteiger partial charge in [0.15, 0.2) is 6.61 Å². The third kappa shape index (κ3) is 6.34. The minimum Gasteiger partial charge on any atom is -0.496 e. The first-order valence-electron chi connectivity index (χ1n) is 10.7. The molecule has 0 radical (unpaired) electrons. The number of hydrogen-bond donors (Lipinski definition) is 1. The molecule has 1 N–H and O–H groups in total. The predicted molar refractivity (Wildman–Crippen MR) is 124 cm³/mol. The molecule has 2 amide bonds. The van der Waals surface area contributed by atoms with Crippen molar-refractivity contribution < 1.29 is 32.3 Å². The number of carbonyl (C=O) groups is 3. The van der Waals surface area contributed by atoms with Crippen LogP contribution in [0, 0.1) is 0 Å². The number of esters is 1. The normalized spacial score (nSPS) is 14.6. The number of nitrogens with zero attached hydrogens (tertiary/aromatic N) is 1. The van der Waals surface area contributed by atoms with Gasteiger partial charge in [-0.3, -0.25) is 14.9 Å². The monoisotopic (exact) mass is 508 g/mol. The van der Waals surface area contributed by atoms with Crippen LogP contribution in [0.4, 0.5) is 0 Å². The van der Waals surface area contributed by atoms with Gasteiger partial charge in [-0.05, 0) is 55.3 Å². The van der Waals surface area contributed by atoms with Crippen LogP contribution in [0.1, 0.15) is 46.4 Å². The largest absolute Gasteiger partial charge is 0.496 e. The smallest absolute Gasteiger partial charge is 0.342 e. The van der Waals surface area contributed by atoms with Crippen molar-refractivity contribution in [3.05, 3.63) is 58.6 Å². The van der Waals surface area contributed by atoms with Crippen LogP contribution in [0.15, 0.2) is 47.4 Å². The van der Waals surface area contributed by atoms with E-state index in [9.17, 15) is 22.8 Å². The van der Waals surface area contributed by atoms with E-state index in [1.165, 1.54) is 53.9 Å². The van der Waals surface area contributed by atoms with Crippen LogP contribution >= 0.6 is 11.6 Å². The number of sulfonamides is 1. The Kier molecular flexibility index (Phi) is 8.65. The molecule has 9 nitrogen and oxygen atoms in total. The summed E-state index contributed by atoms with van der Waals surface area (Å²) in [6.07, 6.45) is 3.48. The maximum Gasteiger partial charge on any atom is 0.342 e. The molecule has 3 rings (SSSR count). The summed E-state index contributed by atoms with van der Waals surface area (Å²) in [5.74, 6) is -2.39. The third-order valence-electron chi connectivity index (χ3n) is 5.29. The highest BCUT2D eigenvalue weighted by Crippen LogP contribution is 2.26. The summed E-state index contributed by atoms with van der Waals surface area (Å²) in [5.41, 5.74) is 0.0624. The van der Waals surface area contributed by atoms with E-state index >= 15 is 0 Å². The zero-order valence-corrected chi connectivity index (χ0v) is 20.2. The fraction of sp³-hybridized carbons (Fsp3) is 0.348. The fourth-order valence-corrected chi connectivity index (χ4v) is 5.15. The van der Waals surface area contributed by atoms with Gasteiger partial charge in [-0.25, -0.2) is 13.2 Å². The highest BCUT2D eigenvalue weighted by atomic mass is 35.5. The number of nitrogens with one attached hydrogen (secondary N) is 1. The van der Waals surface area contributed by atoms with E-state index in [0.29, 0.717) is 18.1 Å². The van der Waals surface area contributed by atoms with Gasteiger partial charge in [0.25, 0.3) is 11.8 Å². The Hall–Kier alpha value is -2.95. The summed E-state index contributed by atoms with van der Waals surface area (Å²) in [5, 5.41) is 2.54. The van der Waals surface area contributed by atoms with Crippen LogP contribution < -0.4 is 10.1 Å². The van der Waals surface area contributed by atoms with E-state index in [1.54, 1.807) is 0 Å². The topological polar surface area (TPSA) is 119 Å². The minimum absolute atomic E-state index is 0.0653. The third-order valence-corrected chi connectivity index (χ3v) is 7.43. The quantitative estimate of drug-likeness (QED) is 0.571. The Morgan fingerprint density at radius 2 is 1.65 bits per heavy atom. The number of ether oxygens (including phenoxy) is 2. The van der Waals surface area contributed by atoms with Crippen LogP contribution in [0.3, 0.4) is 0 Å². The molecular weight excluding hydrogens is 484 g/mol. The summed E-state index contributed by atoms with van der Waals surface area (Å²) < 4.78 is 37.7. The second kappa shape index (κ2) is 11.5. The van der Waals surface area contributed by atoms with Crippen LogP contribution in [0.5, 0.6) is 5.75 Å². The average Bonchev–Trinajstić information content (AvgIpc) is 3.13. The molecule has 0 unspecified atom stereocenters. The lowest BCUT2D eigenvalue weighted by molar-refractivity contribution is -0.123. The SMILES string of the molecule is COc1ccc(S(=O)(=O)N2CCCCCC2)cc1C(=O)OCC(=O)NC(=O)c1ccc(Cl)cc1. The molecule has 182 valence electrons. The van der Waals surface area contributed by atoms with E-state index in [4.69, 9.17) is 21.1 Å². The second-order valence-corrected chi connectivity index (χ2v) is 10.0. The van der Waals surface area contributed by atoms with Gasteiger partial charge in [0, 0.05) is 23.7 Å². The molecule has 0 spiro atoms. The zero-order chi connectivity index (χ0) is 24.7. The lowest BCUT2D eigenvalue weighted by Gasteiger charge is -2.20. The van der Waals surface area contributed by atoms with Gasteiger partial charge in [-0.15, -0.1) is 0 Å². The molecule has 2 aromatic carbocycles. The fourth-order valence-electron chi connectivity index (χ4n) is 3.48. The Morgan fingerprint density at radius 3 is 2.26 bits per heavy atom. The predicted octanol–water partition coefficient (Wildman–Crippen LogP) is 3.03. The Morgan fingerprint density at radius 1 is 1.00 bits per heavy atom. The van der Waals surface area contributed by atoms with Crippen LogP contribution in [0.25, 0.3) is 0 Å². The first-order valence-corrected chi connectivity index (χ1v) is 12.5. The van der Waals surface area contributed by atoms with Crippen molar-refractivity contribution in [2.75, 3.05) is 26.8 Å². The number of halogens is 1. The van der Waals surface area contributed by atoms with Crippen molar-refractivity contribution in [3.63, 3.8) is 0 Å². The van der Waals surface area contributed by atoms with Crippen molar-refractivity contribution in [1.82, 2.24) is 9.62 Å². The molecule has 0 aliphatic carbocycles. The second-order valence-electron chi connectivity index (χ2n) is 7.64. The van der Waals surface area contributed by atoms with Crippen molar-refractivity contribution >= 4 is 39.4 Å².